The van der Waals surface area contributed by atoms with Gasteiger partial charge >= 0.3 is 6.18 Å². The number of piperidine rings is 1. The van der Waals surface area contributed by atoms with Gasteiger partial charge in [0.2, 0.25) is 0 Å². The summed E-state index contributed by atoms with van der Waals surface area (Å²) < 4.78 is 38.7. The molecule has 0 amide bonds. The van der Waals surface area contributed by atoms with E-state index in [1.165, 1.54) is 12.1 Å². The van der Waals surface area contributed by atoms with Gasteiger partial charge in [-0.15, -0.1) is 0 Å². The van der Waals surface area contributed by atoms with Gasteiger partial charge in [-0.2, -0.15) is 13.2 Å². The van der Waals surface area contributed by atoms with Crippen LogP contribution in [-0.4, -0.2) is 13.1 Å². The molecule has 1 aromatic rings. The van der Waals surface area contributed by atoms with Gasteiger partial charge in [-0.3, -0.25) is 0 Å². The normalized spacial score (nSPS) is 18.4. The molecule has 1 fully saturated rings. The highest BCUT2D eigenvalue weighted by molar-refractivity contribution is 5.35. The molecule has 130 valence electrons. The first-order chi connectivity index (χ1) is 10.8. The van der Waals surface area contributed by atoms with E-state index in [-0.39, 0.29) is 0 Å². The van der Waals surface area contributed by atoms with Gasteiger partial charge in [0, 0.05) is 0 Å². The van der Waals surface area contributed by atoms with Crippen molar-refractivity contribution in [1.29, 1.82) is 0 Å². The van der Waals surface area contributed by atoms with E-state index in [2.05, 4.69) is 19.2 Å². The Morgan fingerprint density at radius 3 is 2.30 bits per heavy atom. The van der Waals surface area contributed by atoms with Crippen LogP contribution in [0.1, 0.15) is 62.1 Å². The predicted octanol–water partition coefficient (Wildman–Crippen LogP) is 5.53. The largest absolute Gasteiger partial charge is 0.416 e. The van der Waals surface area contributed by atoms with E-state index < -0.39 is 11.7 Å². The first-order valence-corrected chi connectivity index (χ1v) is 8.67. The van der Waals surface area contributed by atoms with Gasteiger partial charge in [-0.25, -0.2) is 0 Å². The minimum Gasteiger partial charge on any atom is -0.317 e. The number of benzene rings is 1. The van der Waals surface area contributed by atoms with Crippen LogP contribution in [0.25, 0.3) is 0 Å². The summed E-state index contributed by atoms with van der Waals surface area (Å²) in [6, 6.07) is 4.30. The highest BCUT2D eigenvalue weighted by Gasteiger charge is 2.32. The molecule has 4 heteroatoms. The van der Waals surface area contributed by atoms with Crippen molar-refractivity contribution in [3.05, 3.63) is 34.9 Å². The molecule has 1 aliphatic heterocycles. The lowest BCUT2D eigenvalue weighted by Gasteiger charge is -2.33. The first kappa shape index (κ1) is 18.3. The minimum atomic E-state index is -4.26. The van der Waals surface area contributed by atoms with Crippen LogP contribution < -0.4 is 5.32 Å². The van der Waals surface area contributed by atoms with Crippen LogP contribution >= 0.6 is 0 Å². The number of halogens is 3. The van der Waals surface area contributed by atoms with Gasteiger partial charge in [-0.05, 0) is 80.3 Å². The van der Waals surface area contributed by atoms with Crippen LogP contribution in [0, 0.1) is 18.8 Å². The molecule has 0 bridgehead atoms. The van der Waals surface area contributed by atoms with E-state index in [9.17, 15) is 13.2 Å². The standard InChI is InChI=1S/C19H28F3N/c1-13(2)4-6-18(15-8-10-23-11-9-15)17-7-5-16(12-14(17)3)19(20,21)22/h5,7,12-13,15,18,23H,4,6,8-11H2,1-3H3. The van der Waals surface area contributed by atoms with Gasteiger partial charge in [0.25, 0.3) is 0 Å². The monoisotopic (exact) mass is 327 g/mol. The highest BCUT2D eigenvalue weighted by atomic mass is 19.4. The maximum absolute atomic E-state index is 12.9. The summed E-state index contributed by atoms with van der Waals surface area (Å²) in [4.78, 5) is 0. The average molecular weight is 327 g/mol. The van der Waals surface area contributed by atoms with Crippen molar-refractivity contribution in [2.24, 2.45) is 11.8 Å². The molecule has 1 heterocycles. The molecule has 0 aromatic heterocycles. The average Bonchev–Trinajstić information content (AvgIpc) is 2.48. The number of rotatable bonds is 5. The lowest BCUT2D eigenvalue weighted by molar-refractivity contribution is -0.137. The number of hydrogen-bond donors (Lipinski definition) is 1. The molecule has 2 rings (SSSR count). The van der Waals surface area contributed by atoms with Crippen molar-refractivity contribution >= 4 is 0 Å². The zero-order valence-electron chi connectivity index (χ0n) is 14.3. The van der Waals surface area contributed by atoms with Crippen LogP contribution in [0.4, 0.5) is 13.2 Å². The molecule has 1 unspecified atom stereocenters. The fourth-order valence-electron chi connectivity index (χ4n) is 3.67. The van der Waals surface area contributed by atoms with Gasteiger partial charge in [0.1, 0.15) is 0 Å². The lowest BCUT2D eigenvalue weighted by Crippen LogP contribution is -2.31. The van der Waals surface area contributed by atoms with Crippen molar-refractivity contribution in [2.75, 3.05) is 13.1 Å². The molecule has 0 aliphatic carbocycles. The zero-order chi connectivity index (χ0) is 17.0. The Kier molecular flexibility index (Phi) is 6.12. The third kappa shape index (κ3) is 4.97. The quantitative estimate of drug-likeness (QED) is 0.749. The van der Waals surface area contributed by atoms with Crippen molar-refractivity contribution < 1.29 is 13.2 Å². The second-order valence-corrected chi connectivity index (χ2v) is 7.23. The van der Waals surface area contributed by atoms with Crippen LogP contribution in [0.15, 0.2) is 18.2 Å². The van der Waals surface area contributed by atoms with E-state index in [0.29, 0.717) is 17.8 Å². The summed E-state index contributed by atoms with van der Waals surface area (Å²) in [6.07, 6.45) is 0.154. The maximum Gasteiger partial charge on any atom is 0.416 e. The summed E-state index contributed by atoms with van der Waals surface area (Å²) >= 11 is 0. The molecule has 0 radical (unpaired) electrons. The van der Waals surface area contributed by atoms with E-state index in [4.69, 9.17) is 0 Å². The highest BCUT2D eigenvalue weighted by Crippen LogP contribution is 2.39. The van der Waals surface area contributed by atoms with Gasteiger partial charge in [-0.1, -0.05) is 26.3 Å². The van der Waals surface area contributed by atoms with E-state index in [0.717, 1.165) is 49.9 Å². The molecule has 0 spiro atoms. The molecule has 0 saturated carbocycles. The number of aryl methyl sites for hydroxylation is 1. The smallest absolute Gasteiger partial charge is 0.317 e. The molecule has 1 aromatic carbocycles. The Hall–Kier alpha value is -1.03. The minimum absolute atomic E-state index is 0.377. The second kappa shape index (κ2) is 7.69. The number of alkyl halides is 3. The molecule has 23 heavy (non-hydrogen) atoms. The molecule has 1 atom stereocenters. The fraction of sp³-hybridized carbons (Fsp3) is 0.684. The van der Waals surface area contributed by atoms with Gasteiger partial charge < -0.3 is 5.32 Å². The Bertz CT molecular complexity index is 502. The summed E-state index contributed by atoms with van der Waals surface area (Å²) in [6.45, 7) is 8.28. The molecule has 1 N–H and O–H groups in total. The third-order valence-electron chi connectivity index (χ3n) is 5.00. The van der Waals surface area contributed by atoms with Gasteiger partial charge in [0.15, 0.2) is 0 Å². The fourth-order valence-corrected chi connectivity index (χ4v) is 3.67. The Morgan fingerprint density at radius 1 is 1.13 bits per heavy atom. The Balaban J connectivity index is 2.26. The van der Waals surface area contributed by atoms with Crippen molar-refractivity contribution in [3.8, 4) is 0 Å². The van der Waals surface area contributed by atoms with Crippen LogP contribution in [0.2, 0.25) is 0 Å². The van der Waals surface area contributed by atoms with Crippen LogP contribution in [-0.2, 0) is 6.18 Å². The van der Waals surface area contributed by atoms with E-state index in [1.54, 1.807) is 6.07 Å². The van der Waals surface area contributed by atoms with Crippen molar-refractivity contribution in [1.82, 2.24) is 5.32 Å². The third-order valence-corrected chi connectivity index (χ3v) is 5.00. The molecular formula is C19H28F3N. The summed E-state index contributed by atoms with van der Waals surface area (Å²) in [5, 5.41) is 3.38. The van der Waals surface area contributed by atoms with E-state index in [1.807, 2.05) is 6.92 Å². The summed E-state index contributed by atoms with van der Waals surface area (Å²) in [5.74, 6) is 1.57. The molecular weight excluding hydrogens is 299 g/mol. The maximum atomic E-state index is 12.9. The zero-order valence-corrected chi connectivity index (χ0v) is 14.3. The SMILES string of the molecule is Cc1cc(C(F)(F)F)ccc1C(CCC(C)C)C1CCNCC1. The second-order valence-electron chi connectivity index (χ2n) is 7.23. The Morgan fingerprint density at radius 2 is 1.78 bits per heavy atom. The first-order valence-electron chi connectivity index (χ1n) is 8.67. The van der Waals surface area contributed by atoms with E-state index >= 15 is 0 Å². The summed E-state index contributed by atoms with van der Waals surface area (Å²) in [7, 11) is 0. The van der Waals surface area contributed by atoms with Crippen molar-refractivity contribution in [3.63, 3.8) is 0 Å². The van der Waals surface area contributed by atoms with Crippen LogP contribution in [0.5, 0.6) is 0 Å². The predicted molar refractivity (Wildman–Crippen MR) is 88.6 cm³/mol. The van der Waals surface area contributed by atoms with Crippen molar-refractivity contribution in [2.45, 2.75) is 58.5 Å². The van der Waals surface area contributed by atoms with Crippen LogP contribution in [0.3, 0.4) is 0 Å². The lowest BCUT2D eigenvalue weighted by atomic mass is 9.75. The molecule has 1 saturated heterocycles. The summed E-state index contributed by atoms with van der Waals surface area (Å²) in [5.41, 5.74) is 1.37. The topological polar surface area (TPSA) is 12.0 Å². The number of hydrogen-bond acceptors (Lipinski definition) is 1. The van der Waals surface area contributed by atoms with Gasteiger partial charge in [0.05, 0.1) is 5.56 Å². The molecule has 1 nitrogen and oxygen atoms in total. The Labute approximate surface area is 137 Å². The number of nitrogens with one attached hydrogen (secondary N) is 1. The molecule has 1 aliphatic rings.